The van der Waals surface area contributed by atoms with E-state index >= 15 is 0 Å². The van der Waals surface area contributed by atoms with E-state index in [1.54, 1.807) is 24.5 Å². The Labute approximate surface area is 247 Å². The normalized spacial score (nSPS) is 13.0. The average Bonchev–Trinajstić information content (AvgIpc) is 3.04. The summed E-state index contributed by atoms with van der Waals surface area (Å²) in [5.41, 5.74) is 12.0. The lowest BCUT2D eigenvalue weighted by atomic mass is 10.0. The first-order valence-corrected chi connectivity index (χ1v) is 14.4. The number of aromatic nitrogens is 1. The summed E-state index contributed by atoms with van der Waals surface area (Å²) < 4.78 is 5.56. The number of morpholine rings is 1. The van der Waals surface area contributed by atoms with Crippen molar-refractivity contribution >= 4 is 23.2 Å². The average molecular weight is 564 g/mol. The molecule has 0 unspecified atom stereocenters. The number of nitrogens with one attached hydrogen (secondary N) is 1. The predicted molar refractivity (Wildman–Crippen MR) is 166 cm³/mol. The van der Waals surface area contributed by atoms with Crippen LogP contribution in [0.15, 0.2) is 97.3 Å². The second-order valence-corrected chi connectivity index (χ2v) is 10.4. The lowest BCUT2D eigenvalue weighted by Crippen LogP contribution is -2.36. The second-order valence-electron chi connectivity index (χ2n) is 10.4. The fourth-order valence-electron chi connectivity index (χ4n) is 5.15. The molecule has 1 aliphatic heterocycles. The standard InChI is InChI=1S/C34H37N5O3/c35-14-6-16-39(34(41)30-11-5-15-36-24-30)25-27-9-4-10-28(21-27)29-12-13-32(38-17-19-42-20-18-38)31(23-29)37-33(40)22-26-7-2-1-3-8-26/h1-5,7-13,15,21,23-24H,6,14,16-20,22,25,35H2,(H,37,40). The van der Waals surface area contributed by atoms with Crippen LogP contribution in [0, 0.1) is 0 Å². The van der Waals surface area contributed by atoms with E-state index in [1.807, 2.05) is 53.4 Å². The summed E-state index contributed by atoms with van der Waals surface area (Å²) in [5, 5.41) is 3.18. The molecule has 0 spiro atoms. The van der Waals surface area contributed by atoms with Crippen molar-refractivity contribution in [2.45, 2.75) is 19.4 Å². The van der Waals surface area contributed by atoms with Crippen molar-refractivity contribution in [1.29, 1.82) is 0 Å². The van der Waals surface area contributed by atoms with Gasteiger partial charge in [0.15, 0.2) is 0 Å². The maximum absolute atomic E-state index is 13.3. The predicted octanol–water partition coefficient (Wildman–Crippen LogP) is 4.76. The highest BCUT2D eigenvalue weighted by molar-refractivity contribution is 5.97. The number of carbonyl (C=O) groups excluding carboxylic acids is 2. The molecule has 1 fully saturated rings. The molecule has 0 bridgehead atoms. The fraction of sp³-hybridized carbons (Fsp3) is 0.265. The van der Waals surface area contributed by atoms with Crippen LogP contribution in [0.3, 0.4) is 0 Å². The number of ether oxygens (including phenoxy) is 1. The van der Waals surface area contributed by atoms with Gasteiger partial charge in [0.2, 0.25) is 5.91 Å². The van der Waals surface area contributed by atoms with Crippen LogP contribution in [-0.2, 0) is 22.5 Å². The Morgan fingerprint density at radius 1 is 0.905 bits per heavy atom. The molecule has 42 heavy (non-hydrogen) atoms. The van der Waals surface area contributed by atoms with E-state index in [0.717, 1.165) is 46.7 Å². The van der Waals surface area contributed by atoms with Crippen LogP contribution in [0.5, 0.6) is 0 Å². The number of benzene rings is 3. The van der Waals surface area contributed by atoms with Gasteiger partial charge in [-0.15, -0.1) is 0 Å². The minimum absolute atomic E-state index is 0.0638. The van der Waals surface area contributed by atoms with Gasteiger partial charge in [-0.1, -0.05) is 54.6 Å². The van der Waals surface area contributed by atoms with Gasteiger partial charge in [-0.25, -0.2) is 0 Å². The molecule has 0 atom stereocenters. The monoisotopic (exact) mass is 563 g/mol. The number of rotatable bonds is 11. The minimum atomic E-state index is -0.0692. The van der Waals surface area contributed by atoms with Gasteiger partial charge in [-0.05, 0) is 65.6 Å². The molecule has 3 N–H and O–H groups in total. The SMILES string of the molecule is NCCCN(Cc1cccc(-c2ccc(N3CCOCC3)c(NC(=O)Cc3ccccc3)c2)c1)C(=O)c1cccnc1. The van der Waals surface area contributed by atoms with Crippen molar-refractivity contribution in [1.82, 2.24) is 9.88 Å². The number of nitrogens with zero attached hydrogens (tertiary/aromatic N) is 3. The van der Waals surface area contributed by atoms with Crippen molar-refractivity contribution in [3.63, 3.8) is 0 Å². The van der Waals surface area contributed by atoms with Gasteiger partial charge in [0.1, 0.15) is 0 Å². The number of carbonyl (C=O) groups is 2. The molecule has 1 aromatic heterocycles. The van der Waals surface area contributed by atoms with Crippen LogP contribution in [0.1, 0.15) is 27.9 Å². The molecule has 0 radical (unpaired) electrons. The molecule has 8 heteroatoms. The summed E-state index contributed by atoms with van der Waals surface area (Å²) in [6, 6.07) is 27.7. The molecule has 1 aliphatic rings. The number of hydrogen-bond acceptors (Lipinski definition) is 6. The molecule has 2 amide bonds. The van der Waals surface area contributed by atoms with Crippen molar-refractivity contribution in [2.24, 2.45) is 5.73 Å². The van der Waals surface area contributed by atoms with E-state index in [-0.39, 0.29) is 11.8 Å². The van der Waals surface area contributed by atoms with Gasteiger partial charge in [0.05, 0.1) is 36.6 Å². The lowest BCUT2D eigenvalue weighted by Gasteiger charge is -2.31. The Morgan fingerprint density at radius 3 is 2.45 bits per heavy atom. The quantitative estimate of drug-likeness (QED) is 0.273. The Kier molecular flexibility index (Phi) is 9.93. The first-order chi connectivity index (χ1) is 20.6. The summed E-state index contributed by atoms with van der Waals surface area (Å²) in [4.78, 5) is 34.5. The maximum atomic E-state index is 13.3. The number of amides is 2. The topological polar surface area (TPSA) is 101 Å². The highest BCUT2D eigenvalue weighted by atomic mass is 16.5. The summed E-state index contributed by atoms with van der Waals surface area (Å²) in [5.74, 6) is -0.133. The van der Waals surface area contributed by atoms with Gasteiger partial charge >= 0.3 is 0 Å². The highest BCUT2D eigenvalue weighted by Crippen LogP contribution is 2.33. The third-order valence-electron chi connectivity index (χ3n) is 7.29. The maximum Gasteiger partial charge on any atom is 0.255 e. The number of nitrogens with two attached hydrogens (primary N) is 1. The number of pyridine rings is 1. The summed E-state index contributed by atoms with van der Waals surface area (Å²) in [7, 11) is 0. The highest BCUT2D eigenvalue weighted by Gasteiger charge is 2.19. The van der Waals surface area contributed by atoms with Crippen molar-refractivity contribution in [3.8, 4) is 11.1 Å². The van der Waals surface area contributed by atoms with Crippen molar-refractivity contribution in [2.75, 3.05) is 49.6 Å². The van der Waals surface area contributed by atoms with Crippen LogP contribution in [0.25, 0.3) is 11.1 Å². The van der Waals surface area contributed by atoms with E-state index in [4.69, 9.17) is 10.5 Å². The van der Waals surface area contributed by atoms with Gasteiger partial charge in [-0.2, -0.15) is 0 Å². The zero-order chi connectivity index (χ0) is 29.1. The molecule has 8 nitrogen and oxygen atoms in total. The van der Waals surface area contributed by atoms with Crippen molar-refractivity contribution < 1.29 is 14.3 Å². The van der Waals surface area contributed by atoms with Crippen LogP contribution >= 0.6 is 0 Å². The Morgan fingerprint density at radius 2 is 1.69 bits per heavy atom. The molecule has 3 aromatic carbocycles. The van der Waals surface area contributed by atoms with Crippen LogP contribution < -0.4 is 16.0 Å². The largest absolute Gasteiger partial charge is 0.378 e. The summed E-state index contributed by atoms with van der Waals surface area (Å²) in [6.07, 6.45) is 4.26. The van der Waals surface area contributed by atoms with E-state index in [0.29, 0.717) is 51.3 Å². The molecule has 1 saturated heterocycles. The summed E-state index contributed by atoms with van der Waals surface area (Å²) in [6.45, 7) is 4.35. The smallest absolute Gasteiger partial charge is 0.255 e. The van der Waals surface area contributed by atoms with Crippen LogP contribution in [0.2, 0.25) is 0 Å². The molecule has 2 heterocycles. The van der Waals surface area contributed by atoms with Gasteiger partial charge in [0.25, 0.3) is 5.91 Å². The van der Waals surface area contributed by atoms with E-state index in [9.17, 15) is 9.59 Å². The minimum Gasteiger partial charge on any atom is -0.378 e. The van der Waals surface area contributed by atoms with Crippen LogP contribution in [0.4, 0.5) is 11.4 Å². The molecule has 0 aliphatic carbocycles. The molecule has 5 rings (SSSR count). The lowest BCUT2D eigenvalue weighted by molar-refractivity contribution is -0.115. The Balaban J connectivity index is 1.40. The van der Waals surface area contributed by atoms with E-state index < -0.39 is 0 Å². The van der Waals surface area contributed by atoms with Gasteiger partial charge < -0.3 is 25.6 Å². The van der Waals surface area contributed by atoms with Crippen molar-refractivity contribution in [3.05, 3.63) is 114 Å². The second kappa shape index (κ2) is 14.4. The third-order valence-corrected chi connectivity index (χ3v) is 7.29. The molecule has 4 aromatic rings. The van der Waals surface area contributed by atoms with Crippen LogP contribution in [-0.4, -0.2) is 61.1 Å². The zero-order valence-corrected chi connectivity index (χ0v) is 23.7. The van der Waals surface area contributed by atoms with E-state index in [1.165, 1.54) is 0 Å². The molecule has 0 saturated carbocycles. The Hall–Kier alpha value is -4.53. The fourth-order valence-corrected chi connectivity index (χ4v) is 5.15. The zero-order valence-electron chi connectivity index (χ0n) is 23.7. The molecular weight excluding hydrogens is 526 g/mol. The first-order valence-electron chi connectivity index (χ1n) is 14.4. The molecular formula is C34H37N5O3. The number of anilines is 2. The third kappa shape index (κ3) is 7.60. The van der Waals surface area contributed by atoms with Gasteiger partial charge in [0, 0.05) is 38.6 Å². The van der Waals surface area contributed by atoms with Gasteiger partial charge in [-0.3, -0.25) is 14.6 Å². The summed E-state index contributed by atoms with van der Waals surface area (Å²) >= 11 is 0. The Bertz CT molecular complexity index is 1470. The van der Waals surface area contributed by atoms with E-state index in [2.05, 4.69) is 39.5 Å². The molecule has 216 valence electrons. The first kappa shape index (κ1) is 29.0. The number of hydrogen-bond donors (Lipinski definition) is 2.